The van der Waals surface area contributed by atoms with Crippen LogP contribution in [0.1, 0.15) is 78.2 Å². The first kappa shape index (κ1) is 64.5. The fraction of sp³-hybridized carbons (Fsp3) is 0.596. The summed E-state index contributed by atoms with van der Waals surface area (Å²) in [6.07, 6.45) is 7.56. The van der Waals surface area contributed by atoms with Gasteiger partial charge in [0, 0.05) is 67.7 Å². The van der Waals surface area contributed by atoms with Crippen LogP contribution in [-0.4, -0.2) is 183 Å². The molecule has 0 radical (unpaired) electrons. The third-order valence-electron chi connectivity index (χ3n) is 16.3. The Kier molecular flexibility index (Phi) is 23.2. The Labute approximate surface area is 480 Å². The zero-order valence-corrected chi connectivity index (χ0v) is 47.6. The summed E-state index contributed by atoms with van der Waals surface area (Å²) in [5.41, 5.74) is -2.07. The number of esters is 1. The fourth-order valence-corrected chi connectivity index (χ4v) is 12.6. The maximum Gasteiger partial charge on any atom is 0.306 e. The predicted octanol–water partition coefficient (Wildman–Crippen LogP) is 0.171. The molecule has 7 N–H and O–H groups in total. The number of nitrogens with one attached hydrogen (secondary N) is 6. The van der Waals surface area contributed by atoms with Crippen LogP contribution in [-0.2, 0) is 82.8 Å². The Bertz CT molecular complexity index is 2630. The van der Waals surface area contributed by atoms with Gasteiger partial charge in [0.1, 0.15) is 19.4 Å². The second kappa shape index (κ2) is 29.5. The van der Waals surface area contributed by atoms with Crippen molar-refractivity contribution < 1.29 is 81.5 Å². The molecule has 1 heterocycles. The lowest BCUT2D eigenvalue weighted by Gasteiger charge is -2.64. The van der Waals surface area contributed by atoms with E-state index in [-0.39, 0.29) is 108 Å². The van der Waals surface area contributed by atoms with Crippen molar-refractivity contribution in [2.24, 2.45) is 28.6 Å². The maximum absolute atomic E-state index is 14.6. The number of benzene rings is 1. The van der Waals surface area contributed by atoms with E-state index in [4.69, 9.17) is 35.3 Å². The number of ether oxygens (including phenoxy) is 5. The molecule has 5 aliphatic rings. The van der Waals surface area contributed by atoms with Gasteiger partial charge in [0.15, 0.2) is 11.4 Å². The number of amides is 8. The summed E-state index contributed by atoms with van der Waals surface area (Å²) in [7, 11) is 0. The van der Waals surface area contributed by atoms with E-state index in [1.807, 2.05) is 20.8 Å². The number of carbonyl (C=O) groups excluding carboxylic acids is 11. The van der Waals surface area contributed by atoms with Gasteiger partial charge in [0.05, 0.1) is 70.3 Å². The van der Waals surface area contributed by atoms with Crippen LogP contribution in [0.3, 0.4) is 0 Å². The monoisotopic (exact) mass is 1170 g/mol. The molecule has 8 amide bonds. The number of imide groups is 1. The molecular formula is C57H76ClN7O17. The molecular weight excluding hydrogens is 1090 g/mol. The number of carbonyl (C=O) groups is 11. The molecule has 1 unspecified atom stereocenters. The van der Waals surface area contributed by atoms with Crippen LogP contribution in [0.25, 0.3) is 0 Å². The Morgan fingerprint density at radius 1 is 0.744 bits per heavy atom. The molecule has 1 aromatic carbocycles. The van der Waals surface area contributed by atoms with E-state index in [2.05, 4.69) is 31.9 Å². The largest absolute Gasteiger partial charge is 0.450 e. The minimum absolute atomic E-state index is 0.00481. The number of ketones is 2. The fourth-order valence-electron chi connectivity index (χ4n) is 12.1. The topological polar surface area (TPSA) is 330 Å². The number of Topliss-reactive ketones (excluding diaryl/α,β-unsaturated/α-hetero) is 1. The average molecular weight is 1170 g/mol. The van der Waals surface area contributed by atoms with Crippen molar-refractivity contribution in [3.05, 3.63) is 71.8 Å². The number of aliphatic hydroxyl groups is 1. The van der Waals surface area contributed by atoms with Crippen molar-refractivity contribution >= 4 is 76.4 Å². The van der Waals surface area contributed by atoms with Gasteiger partial charge < -0.3 is 60.7 Å². The summed E-state index contributed by atoms with van der Waals surface area (Å²) in [6.45, 7) is 6.13. The number of allylic oxidation sites excluding steroid dienone is 4. The lowest BCUT2D eigenvalue weighted by atomic mass is 9.45. The summed E-state index contributed by atoms with van der Waals surface area (Å²) in [5.74, 6) is -6.88. The second-order valence-corrected chi connectivity index (χ2v) is 22.0. The van der Waals surface area contributed by atoms with Crippen LogP contribution in [0, 0.1) is 28.6 Å². The maximum atomic E-state index is 14.6. The number of nitrogens with zero attached hydrogens (tertiary/aromatic N) is 1. The normalized spacial score (nSPS) is 26.3. The Morgan fingerprint density at radius 3 is 2.06 bits per heavy atom. The Morgan fingerprint density at radius 2 is 1.37 bits per heavy atom. The summed E-state index contributed by atoms with van der Waals surface area (Å²) >= 11 is 7.62. The van der Waals surface area contributed by atoms with Gasteiger partial charge in [-0.1, -0.05) is 69.7 Å². The third-order valence-corrected chi connectivity index (χ3v) is 17.2. The van der Waals surface area contributed by atoms with Crippen molar-refractivity contribution in [2.45, 2.75) is 102 Å². The number of halogens is 1. The van der Waals surface area contributed by atoms with Crippen molar-refractivity contribution in [3.63, 3.8) is 0 Å². The molecule has 1 aromatic rings. The lowest BCUT2D eigenvalue weighted by molar-refractivity contribution is -0.203. The Hall–Kier alpha value is -6.70. The molecule has 6 rings (SSSR count). The molecule has 0 aromatic heterocycles. The minimum Gasteiger partial charge on any atom is -0.450 e. The van der Waals surface area contributed by atoms with E-state index < -0.39 is 125 Å². The van der Waals surface area contributed by atoms with Crippen LogP contribution in [0.2, 0.25) is 0 Å². The quantitative estimate of drug-likeness (QED) is 0.0166. The zero-order valence-electron chi connectivity index (χ0n) is 46.8. The first-order valence-electron chi connectivity index (χ1n) is 27.7. The molecule has 0 saturated heterocycles. The van der Waals surface area contributed by atoms with Crippen LogP contribution >= 0.6 is 11.6 Å². The van der Waals surface area contributed by atoms with E-state index in [0.717, 1.165) is 22.6 Å². The number of alkyl halides is 1. The zero-order chi connectivity index (χ0) is 59.7. The van der Waals surface area contributed by atoms with E-state index in [0.29, 0.717) is 24.8 Å². The van der Waals surface area contributed by atoms with Gasteiger partial charge in [-0.15, -0.1) is 11.6 Å². The molecule has 3 fully saturated rings. The number of fused-ring (bicyclic) bond motifs is 5. The molecule has 0 spiro atoms. The van der Waals surface area contributed by atoms with Crippen LogP contribution in [0.5, 0.6) is 0 Å². The summed E-state index contributed by atoms with van der Waals surface area (Å²) < 4.78 is 28.1. The number of hydrogen-bond acceptors (Lipinski definition) is 17. The molecule has 3 saturated carbocycles. The average Bonchev–Trinajstić information content (AvgIpc) is 1.37. The minimum atomic E-state index is -1.71. The highest BCUT2D eigenvalue weighted by Crippen LogP contribution is 2.72. The van der Waals surface area contributed by atoms with Crippen molar-refractivity contribution in [1.29, 1.82) is 0 Å². The van der Waals surface area contributed by atoms with Crippen LogP contribution in [0.4, 0.5) is 0 Å². The van der Waals surface area contributed by atoms with Gasteiger partial charge in [0.2, 0.25) is 41.2 Å². The molecule has 25 heteroatoms. The van der Waals surface area contributed by atoms with Gasteiger partial charge >= 0.3 is 5.97 Å². The summed E-state index contributed by atoms with van der Waals surface area (Å²) in [5, 5.41) is 27.1. The van der Waals surface area contributed by atoms with Gasteiger partial charge in [-0.25, -0.2) is 0 Å². The van der Waals surface area contributed by atoms with Gasteiger partial charge in [-0.3, -0.25) is 57.6 Å². The van der Waals surface area contributed by atoms with Crippen LogP contribution < -0.4 is 31.9 Å². The van der Waals surface area contributed by atoms with E-state index in [9.17, 15) is 57.8 Å². The number of hydrogen-bond donors (Lipinski definition) is 7. The van der Waals surface area contributed by atoms with E-state index in [1.165, 1.54) is 6.08 Å². The molecule has 24 nitrogen and oxygen atoms in total. The molecule has 82 heavy (non-hydrogen) atoms. The SMILES string of the molecule is CCC(=O)O[C@]1(C(=O)COCNC(=O)CNC(=O)[C@H](Cc2ccccc2)NC(=O)CNC(=O)CNC(=O)CCOCCOCCOCCNC(=O)CCN2C(=O)C=CC2=O)[C@@H](C)CC2[C@@H]3CCC4=CC(=O)C=C[C@]4(C)[C@@]3(Cl)[C@@H](O)C[C@@]21C. The summed E-state index contributed by atoms with van der Waals surface area (Å²) in [6, 6.07) is 7.57. The molecule has 4 aliphatic carbocycles. The highest BCUT2D eigenvalue weighted by Gasteiger charge is 2.76. The number of aliphatic hydroxyl groups excluding tert-OH is 1. The van der Waals surface area contributed by atoms with Gasteiger partial charge in [0.25, 0.3) is 11.8 Å². The molecule has 448 valence electrons. The standard InChI is InChI=1S/C57H76ClN7O17/c1-5-52(76)82-57(36(2)27-41-40-12-11-38-29-39(66)15-18-54(38,3)56(40,58)43(67)30-55(41,57)4)44(68)34-81-35-63-48(72)32-62-53(77)42(28-37-9-7-6-8-10-37)64-49(73)33-61-47(71)31-60-46(70)17-21-78-23-25-80-26-24-79-22-19-59-45(69)16-20-65-50(74)13-14-51(65)75/h6-10,13-15,18,29,36,40-43,67H,5,11-12,16-17,19-28,30-35H2,1-4H3,(H,59,69)(H,60,70)(H,61,71)(H,62,77)(H,63,72)(H,64,73)/t36-,40-,41?,42-,43-,54-,55-,56-,57-/m0/s1. The Balaban J connectivity index is 0.864. The first-order valence-corrected chi connectivity index (χ1v) is 28.1. The van der Waals surface area contributed by atoms with E-state index >= 15 is 0 Å². The van der Waals surface area contributed by atoms with Crippen molar-refractivity contribution in [3.8, 4) is 0 Å². The number of rotatable bonds is 32. The van der Waals surface area contributed by atoms with Gasteiger partial charge in [-0.05, 0) is 55.2 Å². The van der Waals surface area contributed by atoms with Crippen LogP contribution in [0.15, 0.2) is 66.3 Å². The van der Waals surface area contributed by atoms with Gasteiger partial charge in [-0.2, -0.15) is 0 Å². The van der Waals surface area contributed by atoms with Crippen molar-refractivity contribution in [1.82, 2.24) is 36.8 Å². The predicted molar refractivity (Wildman–Crippen MR) is 292 cm³/mol. The van der Waals surface area contributed by atoms with Crippen molar-refractivity contribution in [2.75, 3.05) is 85.7 Å². The first-order chi connectivity index (χ1) is 39.1. The second-order valence-electron chi connectivity index (χ2n) is 21.4. The molecule has 1 aliphatic heterocycles. The lowest BCUT2D eigenvalue weighted by Crippen LogP contribution is -2.69. The third kappa shape index (κ3) is 15.5. The molecule has 9 atom stereocenters. The smallest absolute Gasteiger partial charge is 0.306 e. The molecule has 0 bridgehead atoms. The highest BCUT2D eigenvalue weighted by molar-refractivity contribution is 6.26. The summed E-state index contributed by atoms with van der Waals surface area (Å²) in [4.78, 5) is 139. The highest BCUT2D eigenvalue weighted by atomic mass is 35.5. The van der Waals surface area contributed by atoms with E-state index in [1.54, 1.807) is 49.4 Å².